The van der Waals surface area contributed by atoms with Crippen LogP contribution in [-0.2, 0) is 41.7 Å². The van der Waals surface area contributed by atoms with Gasteiger partial charge in [0.2, 0.25) is 5.91 Å². The smallest absolute Gasteiger partial charge is 0.412 e. The lowest BCUT2D eigenvalue weighted by atomic mass is 10.1. The number of Topliss-reactive ketones (excluding diaryl/α,β-unsaturated/α-hetero) is 1. The Morgan fingerprint density at radius 3 is 2.19 bits per heavy atom. The molecule has 0 bridgehead atoms. The molecule has 0 radical (unpaired) electrons. The summed E-state index contributed by atoms with van der Waals surface area (Å²) in [5.74, 6) is -4.42. The fourth-order valence-corrected chi connectivity index (χ4v) is 5.16. The average Bonchev–Trinajstić information content (AvgIpc) is 3.08. The molecule has 0 aliphatic carbocycles. The zero-order valence-electron chi connectivity index (χ0n) is 28.1. The number of anilines is 1. The van der Waals surface area contributed by atoms with Crippen molar-refractivity contribution in [1.29, 1.82) is 0 Å². The van der Waals surface area contributed by atoms with Crippen LogP contribution in [0.25, 0.3) is 11.4 Å². The van der Waals surface area contributed by atoms with E-state index in [0.717, 1.165) is 22.9 Å². The lowest BCUT2D eigenvalue weighted by Gasteiger charge is -2.23. The Hall–Kier alpha value is -5.60. The molecule has 3 aromatic carbocycles. The van der Waals surface area contributed by atoms with Crippen LogP contribution in [0.2, 0.25) is 10.0 Å². The van der Waals surface area contributed by atoms with Gasteiger partial charge in [-0.3, -0.25) is 29.1 Å². The molecular weight excluding hydrogens is 722 g/mol. The van der Waals surface area contributed by atoms with E-state index in [2.05, 4.69) is 15.6 Å². The molecule has 1 heterocycles. The van der Waals surface area contributed by atoms with E-state index in [9.17, 15) is 33.2 Å². The number of aromatic nitrogens is 2. The van der Waals surface area contributed by atoms with Crippen LogP contribution in [0.1, 0.15) is 43.1 Å². The molecule has 0 saturated carbocycles. The van der Waals surface area contributed by atoms with Crippen molar-refractivity contribution < 1.29 is 42.6 Å². The lowest BCUT2D eigenvalue weighted by molar-refractivity contribution is -0.156. The third-order valence-corrected chi connectivity index (χ3v) is 7.56. The summed E-state index contributed by atoms with van der Waals surface area (Å²) < 4.78 is 30.2. The fourth-order valence-electron chi connectivity index (χ4n) is 4.60. The van der Waals surface area contributed by atoms with Gasteiger partial charge in [0, 0.05) is 5.56 Å². The Labute approximate surface area is 307 Å². The second kappa shape index (κ2) is 17.6. The van der Waals surface area contributed by atoms with Crippen molar-refractivity contribution in [2.45, 2.75) is 52.0 Å². The molecule has 0 aliphatic heterocycles. The Morgan fingerprint density at radius 1 is 0.904 bits per heavy atom. The zero-order valence-corrected chi connectivity index (χ0v) is 29.6. The average molecular weight is 756 g/mol. The van der Waals surface area contributed by atoms with Gasteiger partial charge in [-0.25, -0.2) is 19.0 Å². The Kier molecular flexibility index (Phi) is 13.2. The second-order valence-electron chi connectivity index (χ2n) is 12.1. The van der Waals surface area contributed by atoms with Gasteiger partial charge >= 0.3 is 18.0 Å². The molecule has 1 aromatic heterocycles. The van der Waals surface area contributed by atoms with Crippen LogP contribution < -0.4 is 16.2 Å². The number of carbonyl (C=O) groups is 5. The van der Waals surface area contributed by atoms with Crippen LogP contribution in [-0.4, -0.2) is 57.5 Å². The number of benzene rings is 3. The van der Waals surface area contributed by atoms with Crippen LogP contribution >= 0.6 is 23.2 Å². The number of halogens is 3. The monoisotopic (exact) mass is 754 g/mol. The predicted octanol–water partition coefficient (Wildman–Crippen LogP) is 5.75. The van der Waals surface area contributed by atoms with Crippen LogP contribution in [0.5, 0.6) is 0 Å². The standard InChI is InChI=1S/C36H33Cl2FN4O9/c1-36(2,3)52-30(46)16-26(28(44)20-50-34(48)31-24(37)10-7-11-25(31)38)41-29(45)18-43-32(22-12-14-23(39)15-13-22)40-17-27(33(43)47)42-35(49)51-19-21-8-5-4-6-9-21/h4-15,17,26H,16,18-20H2,1-3H3,(H,41,45)(H,42,49)/t26-/m0/s1. The number of esters is 2. The molecule has 0 saturated heterocycles. The van der Waals surface area contributed by atoms with Gasteiger partial charge in [-0.15, -0.1) is 0 Å². The van der Waals surface area contributed by atoms with Crippen LogP contribution in [0.3, 0.4) is 0 Å². The van der Waals surface area contributed by atoms with E-state index in [1.165, 1.54) is 30.3 Å². The highest BCUT2D eigenvalue weighted by molar-refractivity contribution is 6.39. The SMILES string of the molecule is CC(C)(C)OC(=O)C[C@H](NC(=O)Cn1c(-c2ccc(F)cc2)ncc(NC(=O)OCc2ccccc2)c1=O)C(=O)COC(=O)c1c(Cl)cccc1Cl. The number of ketones is 1. The number of nitrogens with one attached hydrogen (secondary N) is 2. The van der Waals surface area contributed by atoms with Gasteiger partial charge in [-0.2, -0.15) is 0 Å². The molecule has 0 unspecified atom stereocenters. The van der Waals surface area contributed by atoms with E-state index < -0.39 is 72.3 Å². The fraction of sp³-hybridized carbons (Fsp3) is 0.250. The molecule has 16 heteroatoms. The Balaban J connectivity index is 1.58. The number of rotatable bonds is 13. The van der Waals surface area contributed by atoms with Crippen molar-refractivity contribution in [1.82, 2.24) is 14.9 Å². The normalized spacial score (nSPS) is 11.6. The molecular formula is C36H33Cl2FN4O9. The van der Waals surface area contributed by atoms with E-state index >= 15 is 0 Å². The van der Waals surface area contributed by atoms with Crippen molar-refractivity contribution in [3.05, 3.63) is 116 Å². The quantitative estimate of drug-likeness (QED) is 0.127. The van der Waals surface area contributed by atoms with E-state index in [-0.39, 0.29) is 39.3 Å². The van der Waals surface area contributed by atoms with Crippen molar-refractivity contribution in [3.8, 4) is 11.4 Å². The summed E-state index contributed by atoms with van der Waals surface area (Å²) in [7, 11) is 0. The first-order chi connectivity index (χ1) is 24.6. The third kappa shape index (κ3) is 11.2. The summed E-state index contributed by atoms with van der Waals surface area (Å²) >= 11 is 12.1. The minimum atomic E-state index is -1.59. The molecule has 0 aliphatic rings. The van der Waals surface area contributed by atoms with Crippen LogP contribution in [0.15, 0.2) is 83.8 Å². The van der Waals surface area contributed by atoms with Crippen molar-refractivity contribution >= 4 is 58.6 Å². The summed E-state index contributed by atoms with van der Waals surface area (Å²) in [6, 6.07) is 16.3. The molecule has 2 amide bonds. The van der Waals surface area contributed by atoms with E-state index in [1.807, 2.05) is 0 Å². The van der Waals surface area contributed by atoms with Crippen LogP contribution in [0.4, 0.5) is 14.9 Å². The van der Waals surface area contributed by atoms with Crippen molar-refractivity contribution in [2.24, 2.45) is 0 Å². The zero-order chi connectivity index (χ0) is 38.0. The lowest BCUT2D eigenvalue weighted by Crippen LogP contribution is -2.47. The van der Waals surface area contributed by atoms with Gasteiger partial charge in [-0.05, 0) is 62.7 Å². The summed E-state index contributed by atoms with van der Waals surface area (Å²) in [6.45, 7) is 3.01. The maximum absolute atomic E-state index is 13.7. The molecule has 4 aromatic rings. The largest absolute Gasteiger partial charge is 0.460 e. The molecule has 272 valence electrons. The van der Waals surface area contributed by atoms with Crippen molar-refractivity contribution in [3.63, 3.8) is 0 Å². The summed E-state index contributed by atoms with van der Waals surface area (Å²) in [5.41, 5.74) is -1.47. The molecule has 1 atom stereocenters. The first-order valence-corrected chi connectivity index (χ1v) is 16.4. The molecule has 13 nitrogen and oxygen atoms in total. The van der Waals surface area contributed by atoms with E-state index in [0.29, 0.717) is 5.56 Å². The number of amides is 2. The number of hydrogen-bond acceptors (Lipinski definition) is 10. The van der Waals surface area contributed by atoms with E-state index in [1.54, 1.807) is 51.1 Å². The number of carbonyl (C=O) groups excluding carboxylic acids is 5. The highest BCUT2D eigenvalue weighted by Crippen LogP contribution is 2.25. The first kappa shape index (κ1) is 39.2. The van der Waals surface area contributed by atoms with Gasteiger partial charge < -0.3 is 19.5 Å². The Bertz CT molecular complexity index is 2000. The third-order valence-electron chi connectivity index (χ3n) is 6.93. The van der Waals surface area contributed by atoms with Gasteiger partial charge in [-0.1, -0.05) is 59.6 Å². The van der Waals surface area contributed by atoms with E-state index in [4.69, 9.17) is 37.4 Å². The molecule has 4 rings (SSSR count). The number of hydrogen-bond donors (Lipinski definition) is 2. The van der Waals surface area contributed by atoms with Gasteiger partial charge in [0.25, 0.3) is 5.56 Å². The molecule has 2 N–H and O–H groups in total. The summed E-state index contributed by atoms with van der Waals surface area (Å²) in [4.78, 5) is 82.8. The first-order valence-electron chi connectivity index (χ1n) is 15.6. The minimum absolute atomic E-state index is 0.0271. The minimum Gasteiger partial charge on any atom is -0.460 e. The van der Waals surface area contributed by atoms with Crippen molar-refractivity contribution in [2.75, 3.05) is 11.9 Å². The number of nitrogens with zero attached hydrogens (tertiary/aromatic N) is 2. The maximum Gasteiger partial charge on any atom is 0.412 e. The summed E-state index contributed by atoms with van der Waals surface area (Å²) in [5, 5.41) is 4.64. The molecule has 0 fully saturated rings. The topological polar surface area (TPSA) is 172 Å². The van der Waals surface area contributed by atoms with Gasteiger partial charge in [0.15, 0.2) is 12.4 Å². The van der Waals surface area contributed by atoms with Gasteiger partial charge in [0.1, 0.15) is 42.1 Å². The predicted molar refractivity (Wildman–Crippen MR) is 188 cm³/mol. The number of ether oxygens (including phenoxy) is 3. The summed E-state index contributed by atoms with van der Waals surface area (Å²) in [6.07, 6.45) is -0.601. The highest BCUT2D eigenvalue weighted by Gasteiger charge is 2.29. The maximum atomic E-state index is 13.7. The molecule has 52 heavy (non-hydrogen) atoms. The second-order valence-corrected chi connectivity index (χ2v) is 12.9. The molecule has 0 spiro atoms. The highest BCUT2D eigenvalue weighted by atomic mass is 35.5. The van der Waals surface area contributed by atoms with Crippen LogP contribution in [0, 0.1) is 5.82 Å². The van der Waals surface area contributed by atoms with Gasteiger partial charge in [0.05, 0.1) is 28.2 Å². The Morgan fingerprint density at radius 2 is 1.56 bits per heavy atom.